The van der Waals surface area contributed by atoms with Gasteiger partial charge in [-0.2, -0.15) is 13.2 Å². The molecule has 134 valence electrons. The van der Waals surface area contributed by atoms with Crippen LogP contribution in [0.4, 0.5) is 13.2 Å². The second-order valence-corrected chi connectivity index (χ2v) is 5.10. The summed E-state index contributed by atoms with van der Waals surface area (Å²) in [6, 6.07) is 4.20. The lowest BCUT2D eigenvalue weighted by atomic mass is 10.2. The highest BCUT2D eigenvalue weighted by molar-refractivity contribution is 6.31. The number of nitrogens with two attached hydrogens (primary N) is 1. The first-order valence-corrected chi connectivity index (χ1v) is 6.94. The van der Waals surface area contributed by atoms with Gasteiger partial charge in [0.2, 0.25) is 0 Å². The van der Waals surface area contributed by atoms with Gasteiger partial charge in [-0.05, 0) is 23.8 Å². The highest BCUT2D eigenvalue weighted by Crippen LogP contribution is 2.26. The maximum atomic E-state index is 12.8. The number of hydrogen-bond acceptors (Lipinski definition) is 6. The quantitative estimate of drug-likeness (QED) is 0.499. The van der Waals surface area contributed by atoms with Gasteiger partial charge in [0.15, 0.2) is 5.69 Å². The monoisotopic (exact) mass is 377 g/mol. The van der Waals surface area contributed by atoms with Crippen LogP contribution in [-0.4, -0.2) is 16.4 Å². The minimum Gasteiger partial charge on any atom is -0.383 e. The fourth-order valence-corrected chi connectivity index (χ4v) is 2.17. The smallest absolute Gasteiger partial charge is 0.383 e. The van der Waals surface area contributed by atoms with E-state index >= 15 is 0 Å². The van der Waals surface area contributed by atoms with Crippen LogP contribution in [0, 0.1) is 0 Å². The largest absolute Gasteiger partial charge is 0.433 e. The van der Waals surface area contributed by atoms with Gasteiger partial charge in [-0.1, -0.05) is 11.6 Å². The minimum atomic E-state index is -4.95. The number of benzene rings is 1. The summed E-state index contributed by atoms with van der Waals surface area (Å²) in [5.41, 5.74) is -3.75. The molecule has 8 nitrogen and oxygen atoms in total. The van der Waals surface area contributed by atoms with E-state index in [1.165, 1.54) is 25.3 Å². The summed E-state index contributed by atoms with van der Waals surface area (Å²) < 4.78 is 38.7. The summed E-state index contributed by atoms with van der Waals surface area (Å²) in [4.78, 5) is 28.5. The van der Waals surface area contributed by atoms with Crippen LogP contribution in [0.5, 0.6) is 0 Å². The Bertz CT molecular complexity index is 936. The highest BCUT2D eigenvalue weighted by Gasteiger charge is 2.35. The van der Waals surface area contributed by atoms with E-state index in [1.54, 1.807) is 0 Å². The third-order valence-corrected chi connectivity index (χ3v) is 3.46. The Hall–Kier alpha value is -2.82. The predicted octanol–water partition coefficient (Wildman–Crippen LogP) is 1.90. The van der Waals surface area contributed by atoms with E-state index in [2.05, 4.69) is 15.2 Å². The molecule has 0 unspecified atom stereocenters. The molecule has 2 aromatic rings. The predicted molar refractivity (Wildman–Crippen MR) is 82.0 cm³/mol. The molecule has 0 aliphatic heterocycles. The van der Waals surface area contributed by atoms with Gasteiger partial charge in [0.25, 0.3) is 5.56 Å². The van der Waals surface area contributed by atoms with E-state index in [-0.39, 0.29) is 28.0 Å². The molecule has 0 bridgehead atoms. The second kappa shape index (κ2) is 6.97. The first-order valence-electron chi connectivity index (χ1n) is 6.57. The molecule has 0 fully saturated rings. The number of aromatic nitrogens is 2. The first kappa shape index (κ1) is 18.5. The summed E-state index contributed by atoms with van der Waals surface area (Å²) in [6.07, 6.45) is -4.95. The number of halogens is 4. The number of alkyl halides is 3. The zero-order valence-corrected chi connectivity index (χ0v) is 13.4. The van der Waals surface area contributed by atoms with Gasteiger partial charge in [0, 0.05) is 16.4 Å². The molecule has 12 heteroatoms. The minimum absolute atomic E-state index is 0.0186. The van der Waals surface area contributed by atoms with Crippen LogP contribution >= 0.6 is 11.6 Å². The molecule has 0 aliphatic carbocycles. The summed E-state index contributed by atoms with van der Waals surface area (Å²) >= 11 is 5.97. The van der Waals surface area contributed by atoms with Crippen molar-refractivity contribution in [1.29, 1.82) is 0 Å². The standard InChI is InChI=1S/C13H11ClF3N5O3/c1-25-20-19-6-7-4-8(2-3-9(7)14)21-11(23)5-10(13(15,16)17)22(18)12(21)24/h2-5H,6,18H2,1H3. The molecule has 0 saturated heterocycles. The van der Waals surface area contributed by atoms with E-state index < -0.39 is 23.1 Å². The number of hydrogen-bond donors (Lipinski definition) is 1. The molecule has 0 aliphatic rings. The SMILES string of the molecule is CON=NCc1cc(-n2c(=O)cc(C(F)(F)F)n(N)c2=O)ccc1Cl. The first-order chi connectivity index (χ1) is 11.7. The number of nitrogen functional groups attached to an aromatic ring is 1. The third-order valence-electron chi connectivity index (χ3n) is 3.10. The van der Waals surface area contributed by atoms with Gasteiger partial charge >= 0.3 is 11.9 Å². The summed E-state index contributed by atoms with van der Waals surface area (Å²) in [5, 5.41) is 7.18. The Morgan fingerprint density at radius 1 is 1.28 bits per heavy atom. The molecule has 0 spiro atoms. The van der Waals surface area contributed by atoms with Crippen molar-refractivity contribution in [2.24, 2.45) is 10.4 Å². The van der Waals surface area contributed by atoms with Crippen molar-refractivity contribution in [2.75, 3.05) is 13.0 Å². The van der Waals surface area contributed by atoms with Crippen molar-refractivity contribution >= 4 is 11.6 Å². The third kappa shape index (κ3) is 3.82. The van der Waals surface area contributed by atoms with Crippen LogP contribution in [0.25, 0.3) is 5.69 Å². The lowest BCUT2D eigenvalue weighted by Crippen LogP contribution is -2.45. The number of rotatable bonds is 4. The van der Waals surface area contributed by atoms with Crippen LogP contribution in [0.1, 0.15) is 11.3 Å². The fourth-order valence-electron chi connectivity index (χ4n) is 2.00. The average molecular weight is 378 g/mol. The molecular formula is C13H11ClF3N5O3. The van der Waals surface area contributed by atoms with Crippen LogP contribution < -0.4 is 17.1 Å². The van der Waals surface area contributed by atoms with Gasteiger partial charge < -0.3 is 10.7 Å². The molecule has 2 rings (SSSR count). The maximum absolute atomic E-state index is 12.8. The second-order valence-electron chi connectivity index (χ2n) is 4.69. The summed E-state index contributed by atoms with van der Waals surface area (Å²) in [6.45, 7) is -0.0350. The normalized spacial score (nSPS) is 11.9. The average Bonchev–Trinajstić information content (AvgIpc) is 2.53. The summed E-state index contributed by atoms with van der Waals surface area (Å²) in [7, 11) is 1.28. The zero-order chi connectivity index (χ0) is 18.8. The molecule has 0 radical (unpaired) electrons. The molecule has 0 saturated carbocycles. The Kier molecular flexibility index (Phi) is 5.16. The van der Waals surface area contributed by atoms with E-state index in [1.807, 2.05) is 0 Å². The zero-order valence-electron chi connectivity index (χ0n) is 12.6. The molecule has 2 N–H and O–H groups in total. The van der Waals surface area contributed by atoms with Crippen molar-refractivity contribution in [3.05, 3.63) is 61.4 Å². The fraction of sp³-hybridized carbons (Fsp3) is 0.231. The van der Waals surface area contributed by atoms with Crippen LogP contribution in [0.3, 0.4) is 0 Å². The van der Waals surface area contributed by atoms with Gasteiger partial charge in [0.1, 0.15) is 7.11 Å². The maximum Gasteiger partial charge on any atom is 0.433 e. The van der Waals surface area contributed by atoms with Crippen LogP contribution in [0.15, 0.2) is 44.2 Å². The molecule has 0 amide bonds. The highest BCUT2D eigenvalue weighted by atomic mass is 35.5. The van der Waals surface area contributed by atoms with Crippen molar-refractivity contribution in [3.8, 4) is 5.69 Å². The van der Waals surface area contributed by atoms with Crippen LogP contribution in [0.2, 0.25) is 5.02 Å². The van der Waals surface area contributed by atoms with Gasteiger partial charge in [-0.15, -0.1) is 5.11 Å². The number of nitrogens with zero attached hydrogens (tertiary/aromatic N) is 4. The van der Waals surface area contributed by atoms with Crippen molar-refractivity contribution in [2.45, 2.75) is 12.7 Å². The van der Waals surface area contributed by atoms with E-state index in [0.29, 0.717) is 10.1 Å². The molecule has 1 heterocycles. The van der Waals surface area contributed by atoms with Crippen LogP contribution in [-0.2, 0) is 17.6 Å². The topological polar surface area (TPSA) is 104 Å². The van der Waals surface area contributed by atoms with Gasteiger partial charge in [-0.3, -0.25) is 4.79 Å². The Labute approximate surface area is 142 Å². The lowest BCUT2D eigenvalue weighted by molar-refractivity contribution is -0.143. The molecular weight excluding hydrogens is 367 g/mol. The van der Waals surface area contributed by atoms with E-state index in [0.717, 1.165) is 0 Å². The van der Waals surface area contributed by atoms with E-state index in [9.17, 15) is 22.8 Å². The van der Waals surface area contributed by atoms with Gasteiger partial charge in [0.05, 0.1) is 12.2 Å². The molecule has 1 aromatic heterocycles. The van der Waals surface area contributed by atoms with Crippen molar-refractivity contribution < 1.29 is 18.0 Å². The van der Waals surface area contributed by atoms with E-state index in [4.69, 9.17) is 17.4 Å². The lowest BCUT2D eigenvalue weighted by Gasteiger charge is -2.14. The van der Waals surface area contributed by atoms with Crippen molar-refractivity contribution in [3.63, 3.8) is 0 Å². The Morgan fingerprint density at radius 2 is 1.96 bits per heavy atom. The molecule has 25 heavy (non-hydrogen) atoms. The van der Waals surface area contributed by atoms with Crippen molar-refractivity contribution in [1.82, 2.24) is 9.24 Å². The molecule has 0 atom stereocenters. The Balaban J connectivity index is 2.62. The summed E-state index contributed by atoms with van der Waals surface area (Å²) in [5.74, 6) is 5.19. The Morgan fingerprint density at radius 3 is 2.56 bits per heavy atom. The van der Waals surface area contributed by atoms with Gasteiger partial charge in [-0.25, -0.2) is 14.0 Å². The molecule has 1 aromatic carbocycles.